The number of ketones is 1. The molecule has 0 saturated carbocycles. The summed E-state index contributed by atoms with van der Waals surface area (Å²) in [5.74, 6) is -0.0138. The number of phenols is 1. The number of methoxy groups -OCH3 is 1. The van der Waals surface area contributed by atoms with Gasteiger partial charge in [0.05, 0.1) is 25.9 Å². The Labute approximate surface area is 205 Å². The fourth-order valence-electron chi connectivity index (χ4n) is 4.94. The molecule has 2 aliphatic rings. The normalized spacial score (nSPS) is 19.7. The van der Waals surface area contributed by atoms with Crippen LogP contribution in [0.15, 0.2) is 65.0 Å². The Morgan fingerprint density at radius 1 is 1.06 bits per heavy atom. The van der Waals surface area contributed by atoms with E-state index in [9.17, 15) is 14.7 Å². The van der Waals surface area contributed by atoms with Gasteiger partial charge in [-0.25, -0.2) is 4.79 Å². The maximum absolute atomic E-state index is 13.7. The Hall–Kier alpha value is -3.74. The monoisotopic (exact) mass is 477 g/mol. The van der Waals surface area contributed by atoms with E-state index >= 15 is 0 Å². The maximum atomic E-state index is 13.7. The molecule has 2 aromatic carbocycles. The van der Waals surface area contributed by atoms with Crippen LogP contribution in [-0.2, 0) is 14.3 Å². The van der Waals surface area contributed by atoms with Crippen LogP contribution in [0.25, 0.3) is 0 Å². The van der Waals surface area contributed by atoms with E-state index in [-0.39, 0.29) is 24.1 Å². The number of hydrogen-bond acceptors (Lipinski definition) is 7. The van der Waals surface area contributed by atoms with Gasteiger partial charge < -0.3 is 24.6 Å². The molecule has 4 rings (SSSR count). The number of dihydropyridines is 1. The van der Waals surface area contributed by atoms with Gasteiger partial charge in [0, 0.05) is 29.3 Å². The fourth-order valence-corrected chi connectivity index (χ4v) is 4.94. The number of esters is 1. The molecule has 0 unspecified atom stereocenters. The standard InChI is InChI=1S/C28H31NO6/c1-5-34-24-15-18(9-12-22(24)30)26-25(28(32)35-6-2)16(3)29-21-13-19(14-23(31)27(21)26)17-7-10-20(33-4)11-8-17/h7-12,15,19,26,29-30H,5-6,13-14H2,1-4H3/t19-,26+/m0/s1. The molecule has 1 heterocycles. The number of allylic oxidation sites excluding steroid dienone is 3. The molecule has 0 bridgehead atoms. The number of nitrogens with one attached hydrogen (secondary N) is 1. The average molecular weight is 478 g/mol. The average Bonchev–Trinajstić information content (AvgIpc) is 2.84. The zero-order valence-corrected chi connectivity index (χ0v) is 20.5. The summed E-state index contributed by atoms with van der Waals surface area (Å²) < 4.78 is 16.2. The van der Waals surface area contributed by atoms with Crippen LogP contribution in [0.2, 0.25) is 0 Å². The van der Waals surface area contributed by atoms with Crippen LogP contribution >= 0.6 is 0 Å². The molecule has 1 aliphatic carbocycles. The first-order valence-corrected chi connectivity index (χ1v) is 11.9. The number of benzene rings is 2. The Kier molecular flexibility index (Phi) is 7.15. The highest BCUT2D eigenvalue weighted by molar-refractivity contribution is 6.04. The van der Waals surface area contributed by atoms with Gasteiger partial charge in [-0.3, -0.25) is 4.79 Å². The molecule has 0 amide bonds. The lowest BCUT2D eigenvalue weighted by atomic mass is 9.71. The molecule has 0 aromatic heterocycles. The van der Waals surface area contributed by atoms with Gasteiger partial charge in [0.15, 0.2) is 17.3 Å². The van der Waals surface area contributed by atoms with Crippen molar-refractivity contribution in [1.82, 2.24) is 5.32 Å². The summed E-state index contributed by atoms with van der Waals surface area (Å²) in [5, 5.41) is 13.6. The summed E-state index contributed by atoms with van der Waals surface area (Å²) in [6.07, 6.45) is 0.961. The second-order valence-electron chi connectivity index (χ2n) is 8.67. The third-order valence-electron chi connectivity index (χ3n) is 6.53. The van der Waals surface area contributed by atoms with Gasteiger partial charge >= 0.3 is 5.97 Å². The lowest BCUT2D eigenvalue weighted by Gasteiger charge is -2.36. The highest BCUT2D eigenvalue weighted by Gasteiger charge is 2.41. The lowest BCUT2D eigenvalue weighted by molar-refractivity contribution is -0.138. The summed E-state index contributed by atoms with van der Waals surface area (Å²) in [5.41, 5.74) is 4.18. The van der Waals surface area contributed by atoms with Crippen molar-refractivity contribution in [1.29, 1.82) is 0 Å². The number of hydrogen-bond donors (Lipinski definition) is 2. The van der Waals surface area contributed by atoms with E-state index in [1.165, 1.54) is 6.07 Å². The SMILES string of the molecule is CCOC(=O)C1=C(C)NC2=C(C(=O)C[C@@H](c3ccc(OC)cc3)C2)[C@@H]1c1ccc(O)c(OCC)c1. The minimum Gasteiger partial charge on any atom is -0.504 e. The van der Waals surface area contributed by atoms with Gasteiger partial charge in [-0.2, -0.15) is 0 Å². The molecule has 2 aromatic rings. The quantitative estimate of drug-likeness (QED) is 0.557. The molecule has 0 radical (unpaired) electrons. The molecule has 0 fully saturated rings. The minimum atomic E-state index is -0.616. The Bertz CT molecular complexity index is 1190. The number of rotatable bonds is 7. The zero-order chi connectivity index (χ0) is 25.1. The topological polar surface area (TPSA) is 94.1 Å². The van der Waals surface area contributed by atoms with Crippen molar-refractivity contribution in [2.24, 2.45) is 0 Å². The summed E-state index contributed by atoms with van der Waals surface area (Å²) in [6.45, 7) is 6.01. The van der Waals surface area contributed by atoms with E-state index in [0.29, 0.717) is 47.6 Å². The van der Waals surface area contributed by atoms with Gasteiger partial charge in [0.25, 0.3) is 0 Å². The smallest absolute Gasteiger partial charge is 0.336 e. The Morgan fingerprint density at radius 2 is 1.77 bits per heavy atom. The van der Waals surface area contributed by atoms with Gasteiger partial charge in [0.1, 0.15) is 5.75 Å². The Morgan fingerprint density at radius 3 is 2.43 bits per heavy atom. The van der Waals surface area contributed by atoms with Crippen LogP contribution in [0.3, 0.4) is 0 Å². The predicted molar refractivity (Wildman–Crippen MR) is 131 cm³/mol. The van der Waals surface area contributed by atoms with Gasteiger partial charge in [-0.1, -0.05) is 18.2 Å². The number of carbonyl (C=O) groups excluding carboxylic acids is 2. The van der Waals surface area contributed by atoms with Gasteiger partial charge in [0.2, 0.25) is 0 Å². The molecule has 2 atom stereocenters. The van der Waals surface area contributed by atoms with Crippen molar-refractivity contribution in [2.45, 2.75) is 45.4 Å². The van der Waals surface area contributed by atoms with Crippen LogP contribution < -0.4 is 14.8 Å². The van der Waals surface area contributed by atoms with Crippen molar-refractivity contribution in [3.63, 3.8) is 0 Å². The molecule has 35 heavy (non-hydrogen) atoms. The van der Waals surface area contributed by atoms with Crippen LogP contribution in [0.1, 0.15) is 56.6 Å². The molecule has 2 N–H and O–H groups in total. The fraction of sp³-hybridized carbons (Fsp3) is 0.357. The van der Waals surface area contributed by atoms with Crippen LogP contribution in [-0.4, -0.2) is 37.2 Å². The van der Waals surface area contributed by atoms with Crippen LogP contribution in [0.5, 0.6) is 17.2 Å². The molecule has 184 valence electrons. The molecular formula is C28H31NO6. The summed E-state index contributed by atoms with van der Waals surface area (Å²) in [7, 11) is 1.62. The molecule has 1 aliphatic heterocycles. The molecular weight excluding hydrogens is 446 g/mol. The van der Waals surface area contributed by atoms with E-state index in [1.807, 2.05) is 38.1 Å². The molecule has 0 spiro atoms. The first-order chi connectivity index (χ1) is 16.9. The third kappa shape index (κ3) is 4.76. The van der Waals surface area contributed by atoms with Crippen LogP contribution in [0, 0.1) is 0 Å². The first kappa shape index (κ1) is 24.4. The van der Waals surface area contributed by atoms with Crippen molar-refractivity contribution in [3.05, 3.63) is 76.1 Å². The van der Waals surface area contributed by atoms with E-state index in [2.05, 4.69) is 5.32 Å². The van der Waals surface area contributed by atoms with E-state index < -0.39 is 11.9 Å². The Balaban J connectivity index is 1.79. The molecule has 7 heteroatoms. The number of carbonyl (C=O) groups is 2. The minimum absolute atomic E-state index is 0.00617. The second kappa shape index (κ2) is 10.3. The maximum Gasteiger partial charge on any atom is 0.336 e. The van der Waals surface area contributed by atoms with Crippen molar-refractivity contribution in [2.75, 3.05) is 20.3 Å². The van der Waals surface area contributed by atoms with E-state index in [1.54, 1.807) is 26.2 Å². The van der Waals surface area contributed by atoms with Gasteiger partial charge in [-0.05, 0) is 68.5 Å². The zero-order valence-electron chi connectivity index (χ0n) is 20.5. The molecule has 0 saturated heterocycles. The van der Waals surface area contributed by atoms with E-state index in [0.717, 1.165) is 17.0 Å². The van der Waals surface area contributed by atoms with Crippen molar-refractivity contribution in [3.8, 4) is 17.2 Å². The number of aromatic hydroxyl groups is 1. The third-order valence-corrected chi connectivity index (χ3v) is 6.53. The van der Waals surface area contributed by atoms with E-state index in [4.69, 9.17) is 14.2 Å². The largest absolute Gasteiger partial charge is 0.504 e. The van der Waals surface area contributed by atoms with Gasteiger partial charge in [-0.15, -0.1) is 0 Å². The van der Waals surface area contributed by atoms with Crippen molar-refractivity contribution >= 4 is 11.8 Å². The van der Waals surface area contributed by atoms with Crippen LogP contribution in [0.4, 0.5) is 0 Å². The lowest BCUT2D eigenvalue weighted by Crippen LogP contribution is -2.36. The van der Waals surface area contributed by atoms with Crippen molar-refractivity contribution < 1.29 is 28.9 Å². The predicted octanol–water partition coefficient (Wildman–Crippen LogP) is 4.72. The summed E-state index contributed by atoms with van der Waals surface area (Å²) in [6, 6.07) is 12.7. The second-order valence-corrected chi connectivity index (χ2v) is 8.67. The highest BCUT2D eigenvalue weighted by Crippen LogP contribution is 2.47. The highest BCUT2D eigenvalue weighted by atomic mass is 16.5. The summed E-state index contributed by atoms with van der Waals surface area (Å²) in [4.78, 5) is 26.7. The molecule has 7 nitrogen and oxygen atoms in total. The number of Topliss-reactive ketones (excluding diaryl/α,β-unsaturated/α-hetero) is 1. The summed E-state index contributed by atoms with van der Waals surface area (Å²) >= 11 is 0. The first-order valence-electron chi connectivity index (χ1n) is 11.9. The number of ether oxygens (including phenoxy) is 3. The number of phenolic OH excluding ortho intramolecular Hbond substituents is 1.